The normalized spacial score (nSPS) is 12.3. The molecule has 0 aliphatic carbocycles. The molecule has 1 aromatic rings. The summed E-state index contributed by atoms with van der Waals surface area (Å²) in [6, 6.07) is 5.31. The minimum absolute atomic E-state index is 0.146. The fourth-order valence-corrected chi connectivity index (χ4v) is 1.71. The van der Waals surface area contributed by atoms with Gasteiger partial charge in [0.05, 0.1) is 5.02 Å². The van der Waals surface area contributed by atoms with Crippen molar-refractivity contribution in [3.63, 3.8) is 0 Å². The predicted molar refractivity (Wildman–Crippen MR) is 77.3 cm³/mol. The first kappa shape index (κ1) is 15.8. The molecule has 0 aromatic heterocycles. The summed E-state index contributed by atoms with van der Waals surface area (Å²) >= 11 is 6.07. The number of nitrogens with one attached hydrogen (secondary N) is 1. The van der Waals surface area contributed by atoms with Gasteiger partial charge in [0, 0.05) is 13.1 Å². The molecule has 0 fully saturated rings. The van der Waals surface area contributed by atoms with Crippen LogP contribution in [0, 0.1) is 5.92 Å². The Morgan fingerprint density at radius 3 is 2.63 bits per heavy atom. The number of halogens is 1. The fraction of sp³-hybridized carbons (Fsp3) is 0.500. The molecule has 0 radical (unpaired) electrons. The van der Waals surface area contributed by atoms with Gasteiger partial charge in [-0.1, -0.05) is 31.5 Å². The van der Waals surface area contributed by atoms with Crippen molar-refractivity contribution in [1.82, 2.24) is 5.32 Å². The third-order valence-corrected chi connectivity index (χ3v) is 2.88. The topological polar surface area (TPSA) is 64.3 Å². The number of hydrogen-bond donors (Lipinski definition) is 2. The summed E-state index contributed by atoms with van der Waals surface area (Å²) in [5.41, 5.74) is 6.45. The van der Waals surface area contributed by atoms with Gasteiger partial charge in [-0.3, -0.25) is 4.79 Å². The maximum absolute atomic E-state index is 11.8. The second-order valence-electron chi connectivity index (χ2n) is 4.87. The van der Waals surface area contributed by atoms with Crippen molar-refractivity contribution >= 4 is 17.5 Å². The zero-order valence-electron chi connectivity index (χ0n) is 11.6. The molecule has 0 aliphatic heterocycles. The maximum Gasteiger partial charge on any atom is 0.260 e. The summed E-state index contributed by atoms with van der Waals surface area (Å²) in [4.78, 5) is 11.8. The van der Waals surface area contributed by atoms with E-state index in [1.165, 1.54) is 0 Å². The monoisotopic (exact) mass is 284 g/mol. The molecular weight excluding hydrogens is 264 g/mol. The van der Waals surface area contributed by atoms with Crippen LogP contribution in [0.1, 0.15) is 26.3 Å². The van der Waals surface area contributed by atoms with Gasteiger partial charge in [-0.05, 0) is 30.5 Å². The third-order valence-electron chi connectivity index (χ3n) is 2.59. The summed E-state index contributed by atoms with van der Waals surface area (Å²) < 4.78 is 5.55. The SMILES string of the molecule is CC(C)CNC(=O)C(C)Oc1ccc(CN)cc1Cl. The van der Waals surface area contributed by atoms with Crippen molar-refractivity contribution in [2.45, 2.75) is 33.4 Å². The highest BCUT2D eigenvalue weighted by Crippen LogP contribution is 2.26. The molecule has 5 heteroatoms. The van der Waals surface area contributed by atoms with Crippen molar-refractivity contribution in [3.8, 4) is 5.75 Å². The minimum Gasteiger partial charge on any atom is -0.479 e. The van der Waals surface area contributed by atoms with Gasteiger partial charge < -0.3 is 15.8 Å². The van der Waals surface area contributed by atoms with Crippen LogP contribution in [0.15, 0.2) is 18.2 Å². The molecule has 1 unspecified atom stereocenters. The van der Waals surface area contributed by atoms with Gasteiger partial charge >= 0.3 is 0 Å². The molecule has 19 heavy (non-hydrogen) atoms. The molecule has 106 valence electrons. The van der Waals surface area contributed by atoms with E-state index in [0.29, 0.717) is 29.8 Å². The van der Waals surface area contributed by atoms with Crippen molar-refractivity contribution in [3.05, 3.63) is 28.8 Å². The van der Waals surface area contributed by atoms with E-state index in [-0.39, 0.29) is 5.91 Å². The quantitative estimate of drug-likeness (QED) is 0.843. The smallest absolute Gasteiger partial charge is 0.260 e. The van der Waals surface area contributed by atoms with E-state index in [2.05, 4.69) is 5.32 Å². The number of ether oxygens (including phenoxy) is 1. The van der Waals surface area contributed by atoms with E-state index in [0.717, 1.165) is 5.56 Å². The molecule has 0 saturated heterocycles. The Labute approximate surface area is 119 Å². The second kappa shape index (κ2) is 7.36. The molecule has 0 aliphatic rings. The molecule has 0 spiro atoms. The third kappa shape index (κ3) is 5.09. The Balaban J connectivity index is 2.61. The van der Waals surface area contributed by atoms with E-state index in [1.54, 1.807) is 19.1 Å². The lowest BCUT2D eigenvalue weighted by Gasteiger charge is -2.16. The first-order chi connectivity index (χ1) is 8.93. The minimum atomic E-state index is -0.583. The first-order valence-electron chi connectivity index (χ1n) is 6.37. The Bertz CT molecular complexity index is 435. The molecule has 0 heterocycles. The van der Waals surface area contributed by atoms with Crippen LogP contribution < -0.4 is 15.8 Å². The summed E-state index contributed by atoms with van der Waals surface area (Å²) in [7, 11) is 0. The molecule has 1 atom stereocenters. The first-order valence-corrected chi connectivity index (χ1v) is 6.74. The van der Waals surface area contributed by atoms with Gasteiger partial charge in [-0.25, -0.2) is 0 Å². The summed E-state index contributed by atoms with van der Waals surface area (Å²) in [5.74, 6) is 0.752. The van der Waals surface area contributed by atoms with E-state index in [4.69, 9.17) is 22.1 Å². The van der Waals surface area contributed by atoms with Crippen molar-refractivity contribution in [2.24, 2.45) is 11.7 Å². The fourth-order valence-electron chi connectivity index (χ4n) is 1.46. The van der Waals surface area contributed by atoms with Gasteiger partial charge in [0.2, 0.25) is 0 Å². The van der Waals surface area contributed by atoms with E-state index < -0.39 is 6.10 Å². The molecule has 1 rings (SSSR count). The number of amides is 1. The van der Waals surface area contributed by atoms with Crippen LogP contribution in [0.5, 0.6) is 5.75 Å². The molecule has 0 saturated carbocycles. The summed E-state index contributed by atoms with van der Waals surface area (Å²) in [6.45, 7) is 6.82. The average molecular weight is 285 g/mol. The molecule has 1 amide bonds. The van der Waals surface area contributed by atoms with Gasteiger partial charge in [-0.15, -0.1) is 0 Å². The van der Waals surface area contributed by atoms with Gasteiger partial charge in [0.1, 0.15) is 5.75 Å². The van der Waals surface area contributed by atoms with Gasteiger partial charge in [0.15, 0.2) is 6.10 Å². The lowest BCUT2D eigenvalue weighted by Crippen LogP contribution is -2.38. The molecule has 3 N–H and O–H groups in total. The van der Waals surface area contributed by atoms with Crippen LogP contribution in [-0.4, -0.2) is 18.6 Å². The average Bonchev–Trinajstić information content (AvgIpc) is 2.37. The van der Waals surface area contributed by atoms with E-state index >= 15 is 0 Å². The molecule has 1 aromatic carbocycles. The Morgan fingerprint density at radius 2 is 2.11 bits per heavy atom. The van der Waals surface area contributed by atoms with Crippen LogP contribution in [0.25, 0.3) is 0 Å². The molecule has 0 bridgehead atoms. The number of hydrogen-bond acceptors (Lipinski definition) is 3. The standard InChI is InChI=1S/C14H21ClN2O2/c1-9(2)8-17-14(18)10(3)19-13-5-4-11(7-16)6-12(13)15/h4-6,9-10H,7-8,16H2,1-3H3,(H,17,18). The Hall–Kier alpha value is -1.26. The highest BCUT2D eigenvalue weighted by atomic mass is 35.5. The Kier molecular flexibility index (Phi) is 6.12. The van der Waals surface area contributed by atoms with Crippen molar-refractivity contribution in [1.29, 1.82) is 0 Å². The highest BCUT2D eigenvalue weighted by Gasteiger charge is 2.16. The number of nitrogens with two attached hydrogens (primary N) is 1. The number of benzene rings is 1. The van der Waals surface area contributed by atoms with Crippen LogP contribution in [-0.2, 0) is 11.3 Å². The zero-order valence-corrected chi connectivity index (χ0v) is 12.3. The van der Waals surface area contributed by atoms with Crippen LogP contribution in [0.2, 0.25) is 5.02 Å². The lowest BCUT2D eigenvalue weighted by atomic mass is 10.2. The predicted octanol–water partition coefficient (Wildman–Crippen LogP) is 2.34. The van der Waals surface area contributed by atoms with Crippen molar-refractivity contribution in [2.75, 3.05) is 6.54 Å². The largest absolute Gasteiger partial charge is 0.479 e. The van der Waals surface area contributed by atoms with Crippen LogP contribution in [0.4, 0.5) is 0 Å². The summed E-state index contributed by atoms with van der Waals surface area (Å²) in [5, 5.41) is 3.28. The Morgan fingerprint density at radius 1 is 1.42 bits per heavy atom. The zero-order chi connectivity index (χ0) is 14.4. The molecule has 4 nitrogen and oxygen atoms in total. The molecular formula is C14H21ClN2O2. The van der Waals surface area contributed by atoms with Crippen LogP contribution >= 0.6 is 11.6 Å². The number of carbonyl (C=O) groups is 1. The van der Waals surface area contributed by atoms with Crippen molar-refractivity contribution < 1.29 is 9.53 Å². The van der Waals surface area contributed by atoms with Gasteiger partial charge in [-0.2, -0.15) is 0 Å². The number of carbonyl (C=O) groups excluding carboxylic acids is 1. The van der Waals surface area contributed by atoms with Crippen LogP contribution in [0.3, 0.4) is 0 Å². The maximum atomic E-state index is 11.8. The van der Waals surface area contributed by atoms with E-state index in [1.807, 2.05) is 19.9 Å². The van der Waals surface area contributed by atoms with Gasteiger partial charge in [0.25, 0.3) is 5.91 Å². The second-order valence-corrected chi connectivity index (χ2v) is 5.28. The summed E-state index contributed by atoms with van der Waals surface area (Å²) in [6.07, 6.45) is -0.583. The highest BCUT2D eigenvalue weighted by molar-refractivity contribution is 6.32. The number of rotatable bonds is 6. The lowest BCUT2D eigenvalue weighted by molar-refractivity contribution is -0.127. The van der Waals surface area contributed by atoms with E-state index in [9.17, 15) is 4.79 Å².